The Morgan fingerprint density at radius 2 is 2.25 bits per heavy atom. The van der Waals surface area contributed by atoms with Gasteiger partial charge in [0.1, 0.15) is 23.5 Å². The second-order valence-electron chi connectivity index (χ2n) is 4.50. The van der Waals surface area contributed by atoms with Crippen LogP contribution in [0.25, 0.3) is 0 Å². The fraction of sp³-hybridized carbons (Fsp3) is 0.429. The SMILES string of the molecule is CCNC(=NCc1ccon1)NC(C)c1ccc(C)o1. The van der Waals surface area contributed by atoms with E-state index in [9.17, 15) is 0 Å². The molecule has 108 valence electrons. The van der Waals surface area contributed by atoms with Gasteiger partial charge in [-0.25, -0.2) is 4.99 Å². The van der Waals surface area contributed by atoms with E-state index in [-0.39, 0.29) is 6.04 Å². The van der Waals surface area contributed by atoms with Gasteiger partial charge in [0.2, 0.25) is 0 Å². The summed E-state index contributed by atoms with van der Waals surface area (Å²) < 4.78 is 10.4. The van der Waals surface area contributed by atoms with E-state index in [1.54, 1.807) is 12.3 Å². The van der Waals surface area contributed by atoms with E-state index < -0.39 is 0 Å². The molecule has 0 fully saturated rings. The van der Waals surface area contributed by atoms with Crippen LogP contribution in [0.15, 0.2) is 38.4 Å². The minimum atomic E-state index is 0.0406. The van der Waals surface area contributed by atoms with Crippen LogP contribution in [0.2, 0.25) is 0 Å². The largest absolute Gasteiger partial charge is 0.464 e. The van der Waals surface area contributed by atoms with Crippen molar-refractivity contribution >= 4 is 5.96 Å². The Labute approximate surface area is 118 Å². The molecule has 0 amide bonds. The van der Waals surface area contributed by atoms with Gasteiger partial charge >= 0.3 is 0 Å². The number of aryl methyl sites for hydroxylation is 1. The first-order chi connectivity index (χ1) is 9.69. The summed E-state index contributed by atoms with van der Waals surface area (Å²) >= 11 is 0. The van der Waals surface area contributed by atoms with Gasteiger partial charge in [0.25, 0.3) is 0 Å². The highest BCUT2D eigenvalue weighted by Crippen LogP contribution is 2.15. The minimum absolute atomic E-state index is 0.0406. The highest BCUT2D eigenvalue weighted by Gasteiger charge is 2.11. The lowest BCUT2D eigenvalue weighted by atomic mass is 10.2. The van der Waals surface area contributed by atoms with Crippen molar-refractivity contribution in [1.82, 2.24) is 15.8 Å². The molecule has 0 bridgehead atoms. The zero-order valence-electron chi connectivity index (χ0n) is 12.0. The molecule has 2 N–H and O–H groups in total. The smallest absolute Gasteiger partial charge is 0.192 e. The van der Waals surface area contributed by atoms with Crippen LogP contribution in [0.4, 0.5) is 0 Å². The van der Waals surface area contributed by atoms with E-state index in [2.05, 4.69) is 20.8 Å². The van der Waals surface area contributed by atoms with Crippen molar-refractivity contribution in [3.05, 3.63) is 41.7 Å². The van der Waals surface area contributed by atoms with Gasteiger partial charge in [-0.1, -0.05) is 5.16 Å². The first-order valence-corrected chi connectivity index (χ1v) is 6.69. The molecular weight excluding hydrogens is 256 g/mol. The molecule has 1 atom stereocenters. The normalized spacial score (nSPS) is 13.2. The molecule has 6 nitrogen and oxygen atoms in total. The number of rotatable bonds is 5. The molecule has 0 radical (unpaired) electrons. The number of nitrogens with zero attached hydrogens (tertiary/aromatic N) is 2. The van der Waals surface area contributed by atoms with Crippen molar-refractivity contribution in [1.29, 1.82) is 0 Å². The van der Waals surface area contributed by atoms with Crippen molar-refractivity contribution < 1.29 is 8.94 Å². The lowest BCUT2D eigenvalue weighted by molar-refractivity contribution is 0.412. The molecule has 0 saturated heterocycles. The van der Waals surface area contributed by atoms with Gasteiger partial charge in [0.15, 0.2) is 5.96 Å². The lowest BCUT2D eigenvalue weighted by Crippen LogP contribution is -2.38. The molecule has 2 aromatic rings. The first kappa shape index (κ1) is 14.2. The van der Waals surface area contributed by atoms with Crippen LogP contribution in [-0.2, 0) is 6.54 Å². The zero-order valence-corrected chi connectivity index (χ0v) is 12.0. The summed E-state index contributed by atoms with van der Waals surface area (Å²) in [4.78, 5) is 4.46. The molecule has 6 heteroatoms. The topological polar surface area (TPSA) is 75.6 Å². The van der Waals surface area contributed by atoms with Gasteiger partial charge < -0.3 is 19.6 Å². The molecule has 0 aliphatic rings. The van der Waals surface area contributed by atoms with E-state index in [4.69, 9.17) is 8.94 Å². The molecule has 20 heavy (non-hydrogen) atoms. The van der Waals surface area contributed by atoms with Crippen LogP contribution < -0.4 is 10.6 Å². The van der Waals surface area contributed by atoms with Crippen LogP contribution in [0, 0.1) is 6.92 Å². The Bertz CT molecular complexity index is 545. The van der Waals surface area contributed by atoms with Gasteiger partial charge in [0.05, 0.1) is 12.6 Å². The van der Waals surface area contributed by atoms with Gasteiger partial charge in [-0.15, -0.1) is 0 Å². The maximum absolute atomic E-state index is 5.60. The third-order valence-corrected chi connectivity index (χ3v) is 2.78. The molecule has 2 rings (SSSR count). The minimum Gasteiger partial charge on any atom is -0.464 e. The predicted molar refractivity (Wildman–Crippen MR) is 76.3 cm³/mol. The van der Waals surface area contributed by atoms with Gasteiger partial charge in [0, 0.05) is 12.6 Å². The summed E-state index contributed by atoms with van der Waals surface area (Å²) in [5, 5.41) is 10.3. The molecule has 0 aliphatic carbocycles. The van der Waals surface area contributed by atoms with Crippen molar-refractivity contribution in [2.24, 2.45) is 4.99 Å². The Balaban J connectivity index is 1.99. The highest BCUT2D eigenvalue weighted by molar-refractivity contribution is 5.80. The Morgan fingerprint density at radius 1 is 1.40 bits per heavy atom. The number of aromatic nitrogens is 1. The van der Waals surface area contributed by atoms with Crippen molar-refractivity contribution in [2.75, 3.05) is 6.54 Å². The molecule has 0 saturated carbocycles. The molecular formula is C14H20N4O2. The quantitative estimate of drug-likeness (QED) is 0.648. The third-order valence-electron chi connectivity index (χ3n) is 2.78. The van der Waals surface area contributed by atoms with E-state index >= 15 is 0 Å². The van der Waals surface area contributed by atoms with E-state index in [0.717, 1.165) is 29.7 Å². The summed E-state index contributed by atoms with van der Waals surface area (Å²) in [5.74, 6) is 2.50. The van der Waals surface area contributed by atoms with Crippen molar-refractivity contribution in [3.63, 3.8) is 0 Å². The number of nitrogens with one attached hydrogen (secondary N) is 2. The lowest BCUT2D eigenvalue weighted by Gasteiger charge is -2.15. The summed E-state index contributed by atoms with van der Waals surface area (Å²) in [6, 6.07) is 5.76. The molecule has 0 spiro atoms. The second kappa shape index (κ2) is 6.79. The summed E-state index contributed by atoms with van der Waals surface area (Å²) in [5.41, 5.74) is 0.795. The fourth-order valence-corrected chi connectivity index (χ4v) is 1.76. The van der Waals surface area contributed by atoms with E-state index in [0.29, 0.717) is 6.54 Å². The Morgan fingerprint density at radius 3 is 2.85 bits per heavy atom. The number of furan rings is 1. The van der Waals surface area contributed by atoms with Crippen LogP contribution >= 0.6 is 0 Å². The number of hydrogen-bond donors (Lipinski definition) is 2. The van der Waals surface area contributed by atoms with Crippen molar-refractivity contribution in [2.45, 2.75) is 33.4 Å². The van der Waals surface area contributed by atoms with Crippen LogP contribution in [0.3, 0.4) is 0 Å². The summed E-state index contributed by atoms with van der Waals surface area (Å²) in [6.45, 7) is 7.24. The van der Waals surface area contributed by atoms with Crippen LogP contribution in [0.1, 0.15) is 37.1 Å². The fourth-order valence-electron chi connectivity index (χ4n) is 1.76. The molecule has 0 aromatic carbocycles. The molecule has 2 heterocycles. The second-order valence-corrected chi connectivity index (χ2v) is 4.50. The van der Waals surface area contributed by atoms with Gasteiger partial charge in [-0.2, -0.15) is 0 Å². The predicted octanol–water partition coefficient (Wildman–Crippen LogP) is 2.39. The maximum Gasteiger partial charge on any atom is 0.192 e. The summed E-state index contributed by atoms with van der Waals surface area (Å²) in [7, 11) is 0. The molecule has 1 unspecified atom stereocenters. The van der Waals surface area contributed by atoms with Crippen LogP contribution in [-0.4, -0.2) is 17.7 Å². The maximum atomic E-state index is 5.60. The average molecular weight is 276 g/mol. The first-order valence-electron chi connectivity index (χ1n) is 6.69. The van der Waals surface area contributed by atoms with Gasteiger partial charge in [-0.05, 0) is 32.9 Å². The standard InChI is InChI=1S/C14H20N4O2/c1-4-15-14(16-9-12-7-8-19-18-12)17-11(3)13-6-5-10(2)20-13/h5-8,11H,4,9H2,1-3H3,(H2,15,16,17). The highest BCUT2D eigenvalue weighted by atomic mass is 16.5. The average Bonchev–Trinajstić information content (AvgIpc) is 3.07. The number of hydrogen-bond acceptors (Lipinski definition) is 4. The number of aliphatic imine (C=N–C) groups is 1. The monoisotopic (exact) mass is 276 g/mol. The third kappa shape index (κ3) is 3.88. The van der Waals surface area contributed by atoms with Gasteiger partial charge in [-0.3, -0.25) is 0 Å². The van der Waals surface area contributed by atoms with E-state index in [1.165, 1.54) is 0 Å². The van der Waals surface area contributed by atoms with Crippen molar-refractivity contribution in [3.8, 4) is 0 Å². The Hall–Kier alpha value is -2.24. The zero-order chi connectivity index (χ0) is 14.4. The summed E-state index contributed by atoms with van der Waals surface area (Å²) in [6.07, 6.45) is 1.54. The number of guanidine groups is 1. The molecule has 0 aliphatic heterocycles. The van der Waals surface area contributed by atoms with E-state index in [1.807, 2.05) is 32.9 Å². The molecule has 2 aromatic heterocycles. The Kier molecular flexibility index (Phi) is 4.81. The van der Waals surface area contributed by atoms with Crippen LogP contribution in [0.5, 0.6) is 0 Å².